The minimum Gasteiger partial charge on any atom is -0.444 e. The van der Waals surface area contributed by atoms with Crippen molar-refractivity contribution >= 4 is 6.09 Å². The predicted octanol–water partition coefficient (Wildman–Crippen LogP) is 3.91. The number of halogens is 3. The highest BCUT2D eigenvalue weighted by Crippen LogP contribution is 2.51. The van der Waals surface area contributed by atoms with Crippen molar-refractivity contribution in [2.75, 3.05) is 19.6 Å². The van der Waals surface area contributed by atoms with Crippen LogP contribution >= 0.6 is 0 Å². The standard InChI is InChI=1S/C19H25F3N2O2/c1-18(2,3)26-17(25)24-10-15-14(16(15)11-24)9-23-8-12-5-4-6-13(7-12)19(20,21)22/h4-7,14-16,23H,8-11H2,1-3H3. The molecule has 0 aromatic heterocycles. The number of amides is 1. The molecule has 1 heterocycles. The third-order valence-electron chi connectivity index (χ3n) is 4.99. The second-order valence-electron chi connectivity index (χ2n) is 8.21. The molecule has 2 atom stereocenters. The summed E-state index contributed by atoms with van der Waals surface area (Å²) in [5.74, 6) is 1.42. The molecular weight excluding hydrogens is 345 g/mol. The van der Waals surface area contributed by atoms with Gasteiger partial charge in [0.15, 0.2) is 0 Å². The molecule has 26 heavy (non-hydrogen) atoms. The van der Waals surface area contributed by atoms with E-state index in [4.69, 9.17) is 4.74 Å². The molecule has 2 aliphatic rings. The van der Waals surface area contributed by atoms with Crippen LogP contribution in [0.1, 0.15) is 31.9 Å². The van der Waals surface area contributed by atoms with E-state index in [0.717, 1.165) is 12.6 Å². The molecule has 1 aliphatic carbocycles. The van der Waals surface area contributed by atoms with E-state index in [1.165, 1.54) is 12.1 Å². The summed E-state index contributed by atoms with van der Waals surface area (Å²) in [4.78, 5) is 13.8. The molecule has 1 saturated heterocycles. The van der Waals surface area contributed by atoms with E-state index in [-0.39, 0.29) is 6.09 Å². The molecule has 1 aromatic rings. The first-order valence-corrected chi connectivity index (χ1v) is 8.89. The molecule has 1 saturated carbocycles. The lowest BCUT2D eigenvalue weighted by atomic mass is 10.1. The largest absolute Gasteiger partial charge is 0.444 e. The molecular formula is C19H25F3N2O2. The van der Waals surface area contributed by atoms with Gasteiger partial charge < -0.3 is 15.0 Å². The molecule has 7 heteroatoms. The van der Waals surface area contributed by atoms with Gasteiger partial charge in [0.25, 0.3) is 0 Å². The fourth-order valence-corrected chi connectivity index (χ4v) is 3.67. The van der Waals surface area contributed by atoms with Crippen LogP contribution in [0.4, 0.5) is 18.0 Å². The van der Waals surface area contributed by atoms with E-state index >= 15 is 0 Å². The van der Waals surface area contributed by atoms with Gasteiger partial charge in [-0.15, -0.1) is 0 Å². The molecule has 4 nitrogen and oxygen atoms in total. The molecule has 1 amide bonds. The van der Waals surface area contributed by atoms with E-state index in [0.29, 0.717) is 43.0 Å². The lowest BCUT2D eigenvalue weighted by molar-refractivity contribution is -0.137. The normalized spacial score (nSPS) is 25.2. The van der Waals surface area contributed by atoms with E-state index in [2.05, 4.69) is 5.32 Å². The van der Waals surface area contributed by atoms with Crippen molar-refractivity contribution in [2.45, 2.75) is 39.1 Å². The van der Waals surface area contributed by atoms with Crippen LogP contribution in [0.25, 0.3) is 0 Å². The van der Waals surface area contributed by atoms with Crippen LogP contribution in [-0.2, 0) is 17.5 Å². The van der Waals surface area contributed by atoms with Gasteiger partial charge in [-0.3, -0.25) is 0 Å². The van der Waals surface area contributed by atoms with Crippen LogP contribution in [-0.4, -0.2) is 36.2 Å². The summed E-state index contributed by atoms with van der Waals surface area (Å²) in [5.41, 5.74) is -0.482. The number of rotatable bonds is 4. The zero-order valence-corrected chi connectivity index (χ0v) is 15.3. The second kappa shape index (κ2) is 6.76. The van der Waals surface area contributed by atoms with Gasteiger partial charge in [-0.2, -0.15) is 13.2 Å². The van der Waals surface area contributed by atoms with Gasteiger partial charge in [0.2, 0.25) is 0 Å². The summed E-state index contributed by atoms with van der Waals surface area (Å²) in [6, 6.07) is 5.40. The maximum Gasteiger partial charge on any atom is 0.416 e. The van der Waals surface area contributed by atoms with Crippen molar-refractivity contribution in [3.63, 3.8) is 0 Å². The maximum absolute atomic E-state index is 12.7. The van der Waals surface area contributed by atoms with E-state index in [9.17, 15) is 18.0 Å². The Hall–Kier alpha value is -1.76. The van der Waals surface area contributed by atoms with Crippen LogP contribution in [0, 0.1) is 17.8 Å². The zero-order chi connectivity index (χ0) is 19.1. The third kappa shape index (κ3) is 4.50. The van der Waals surface area contributed by atoms with Gasteiger partial charge in [-0.1, -0.05) is 18.2 Å². The van der Waals surface area contributed by atoms with Gasteiger partial charge >= 0.3 is 12.3 Å². The maximum atomic E-state index is 12.7. The summed E-state index contributed by atoms with van der Waals surface area (Å²) >= 11 is 0. The van der Waals surface area contributed by atoms with Crippen molar-refractivity contribution in [3.05, 3.63) is 35.4 Å². The van der Waals surface area contributed by atoms with Crippen LogP contribution in [0.15, 0.2) is 24.3 Å². The van der Waals surface area contributed by atoms with Gasteiger partial charge in [-0.25, -0.2) is 4.79 Å². The first-order valence-electron chi connectivity index (χ1n) is 8.89. The number of piperidine rings is 1. The highest BCUT2D eigenvalue weighted by atomic mass is 19.4. The first kappa shape index (κ1) is 19.0. The highest BCUT2D eigenvalue weighted by Gasteiger charge is 2.56. The quantitative estimate of drug-likeness (QED) is 0.874. The van der Waals surface area contributed by atoms with Crippen molar-refractivity contribution in [1.82, 2.24) is 10.2 Å². The van der Waals surface area contributed by atoms with Gasteiger partial charge in [0, 0.05) is 19.6 Å². The summed E-state index contributed by atoms with van der Waals surface area (Å²) in [5, 5.41) is 3.25. The van der Waals surface area contributed by atoms with Crippen molar-refractivity contribution < 1.29 is 22.7 Å². The Labute approximate surface area is 151 Å². The monoisotopic (exact) mass is 370 g/mol. The van der Waals surface area contributed by atoms with Gasteiger partial charge in [0.05, 0.1) is 5.56 Å². The number of hydrogen-bond donors (Lipinski definition) is 1. The Balaban J connectivity index is 1.41. The highest BCUT2D eigenvalue weighted by molar-refractivity contribution is 5.69. The lowest BCUT2D eigenvalue weighted by Gasteiger charge is -2.26. The molecule has 0 radical (unpaired) electrons. The number of benzene rings is 1. The topological polar surface area (TPSA) is 41.6 Å². The Kier molecular flexibility index (Phi) is 4.94. The van der Waals surface area contributed by atoms with Crippen LogP contribution in [0.3, 0.4) is 0 Å². The SMILES string of the molecule is CC(C)(C)OC(=O)N1CC2C(CNCc3cccc(C(F)(F)F)c3)C2C1. The number of hydrogen-bond acceptors (Lipinski definition) is 3. The molecule has 0 spiro atoms. The molecule has 2 unspecified atom stereocenters. The summed E-state index contributed by atoms with van der Waals surface area (Å²) in [7, 11) is 0. The summed E-state index contributed by atoms with van der Waals surface area (Å²) in [6.07, 6.45) is -4.57. The number of ether oxygens (including phenoxy) is 1. The van der Waals surface area contributed by atoms with Crippen LogP contribution in [0.2, 0.25) is 0 Å². The van der Waals surface area contributed by atoms with Crippen LogP contribution in [0.5, 0.6) is 0 Å². The number of nitrogens with zero attached hydrogens (tertiary/aromatic N) is 1. The molecule has 1 aromatic carbocycles. The minimum absolute atomic E-state index is 0.264. The Bertz CT molecular complexity index is 657. The smallest absolute Gasteiger partial charge is 0.416 e. The number of likely N-dealkylation sites (tertiary alicyclic amines) is 1. The average Bonchev–Trinajstić information content (AvgIpc) is 2.96. The van der Waals surface area contributed by atoms with E-state index in [1.807, 2.05) is 20.8 Å². The van der Waals surface area contributed by atoms with Crippen molar-refractivity contribution in [3.8, 4) is 0 Å². The van der Waals surface area contributed by atoms with Crippen molar-refractivity contribution in [2.24, 2.45) is 17.8 Å². The fraction of sp³-hybridized carbons (Fsp3) is 0.632. The van der Waals surface area contributed by atoms with Gasteiger partial charge in [-0.05, 0) is 56.7 Å². The summed E-state index contributed by atoms with van der Waals surface area (Å²) < 4.78 is 43.6. The van der Waals surface area contributed by atoms with Crippen molar-refractivity contribution in [1.29, 1.82) is 0 Å². The molecule has 2 fully saturated rings. The van der Waals surface area contributed by atoms with E-state index in [1.54, 1.807) is 11.0 Å². The molecule has 3 rings (SSSR count). The Morgan fingerprint density at radius 3 is 2.46 bits per heavy atom. The molecule has 144 valence electrons. The zero-order valence-electron chi connectivity index (χ0n) is 15.3. The lowest BCUT2D eigenvalue weighted by Crippen LogP contribution is -2.37. The minimum atomic E-state index is -4.31. The molecule has 1 N–H and O–H groups in total. The Morgan fingerprint density at radius 1 is 1.23 bits per heavy atom. The third-order valence-corrected chi connectivity index (χ3v) is 4.99. The van der Waals surface area contributed by atoms with Gasteiger partial charge in [0.1, 0.15) is 5.60 Å². The Morgan fingerprint density at radius 2 is 1.88 bits per heavy atom. The number of fused-ring (bicyclic) bond motifs is 1. The number of nitrogens with one attached hydrogen (secondary N) is 1. The first-order chi connectivity index (χ1) is 12.0. The summed E-state index contributed by atoms with van der Waals surface area (Å²) in [6.45, 7) is 8.13. The number of alkyl halides is 3. The number of carbonyl (C=O) groups is 1. The number of carbonyl (C=O) groups excluding carboxylic acids is 1. The van der Waals surface area contributed by atoms with Crippen LogP contribution < -0.4 is 5.32 Å². The fourth-order valence-electron chi connectivity index (χ4n) is 3.67. The average molecular weight is 370 g/mol. The molecule has 0 bridgehead atoms. The second-order valence-corrected chi connectivity index (χ2v) is 8.21. The van der Waals surface area contributed by atoms with E-state index < -0.39 is 17.3 Å². The molecule has 1 aliphatic heterocycles. The predicted molar refractivity (Wildman–Crippen MR) is 91.4 cm³/mol.